The quantitative estimate of drug-likeness (QED) is 0.612. The smallest absolute Gasteiger partial charge is 0.349 e. The van der Waals surface area contributed by atoms with Crippen LogP contribution in [0.5, 0.6) is 5.75 Å². The molecule has 0 aliphatic carbocycles. The maximum Gasteiger partial charge on any atom is 0.349 e. The molecule has 0 aliphatic rings. The van der Waals surface area contributed by atoms with E-state index in [1.807, 2.05) is 0 Å². The van der Waals surface area contributed by atoms with Gasteiger partial charge in [-0.1, -0.05) is 23.7 Å². The summed E-state index contributed by atoms with van der Waals surface area (Å²) < 4.78 is 31.9. The van der Waals surface area contributed by atoms with Crippen molar-refractivity contribution in [2.24, 2.45) is 0 Å². The van der Waals surface area contributed by atoms with E-state index in [9.17, 15) is 18.7 Å². The highest BCUT2D eigenvalue weighted by Crippen LogP contribution is 2.43. The molecule has 0 bridgehead atoms. The summed E-state index contributed by atoms with van der Waals surface area (Å²) in [6, 6.07) is 7.45. The molecule has 122 valence electrons. The van der Waals surface area contributed by atoms with Crippen LogP contribution in [-0.2, 0) is 10.1 Å². The van der Waals surface area contributed by atoms with Crippen LogP contribution in [0.3, 0.4) is 0 Å². The second-order valence-electron chi connectivity index (χ2n) is 4.82. The number of esters is 1. The number of hydrogen-bond acceptors (Lipinski definition) is 3. The monoisotopic (exact) mass is 360 g/mol. The molecule has 0 atom stereocenters. The number of alkyl halides is 3. The van der Waals surface area contributed by atoms with Crippen molar-refractivity contribution < 1.29 is 23.4 Å². The molecule has 0 unspecified atom stereocenters. The minimum atomic E-state index is -3.85. The molecule has 2 aromatic carbocycles. The van der Waals surface area contributed by atoms with Crippen LogP contribution in [0.1, 0.15) is 21.5 Å². The molecule has 2 rings (SSSR count). The Kier molecular flexibility index (Phi) is 4.82. The SMILES string of the molecule is COC(=O)c1c(C(F)(F)Cl)cc(-c2ccc(Cl)cc2)c(C)c1O. The normalized spacial score (nSPS) is 11.4. The number of rotatable bonds is 3. The Hall–Kier alpha value is -1.85. The number of halogens is 4. The van der Waals surface area contributed by atoms with Gasteiger partial charge >= 0.3 is 11.4 Å². The lowest BCUT2D eigenvalue weighted by atomic mass is 9.93. The average molecular weight is 361 g/mol. The molecular weight excluding hydrogens is 349 g/mol. The van der Waals surface area contributed by atoms with E-state index in [1.54, 1.807) is 24.3 Å². The van der Waals surface area contributed by atoms with Gasteiger partial charge in [-0.2, -0.15) is 8.78 Å². The zero-order chi connectivity index (χ0) is 17.4. The standard InChI is InChI=1S/C16H12Cl2F2O3/c1-8-11(9-3-5-10(17)6-4-9)7-12(16(18,19)20)13(14(8)21)15(22)23-2/h3-7,21H,1-2H3. The van der Waals surface area contributed by atoms with E-state index in [1.165, 1.54) is 6.92 Å². The van der Waals surface area contributed by atoms with Crippen molar-refractivity contribution in [1.29, 1.82) is 0 Å². The Morgan fingerprint density at radius 1 is 1.26 bits per heavy atom. The van der Waals surface area contributed by atoms with Crippen molar-refractivity contribution in [3.05, 3.63) is 52.0 Å². The lowest BCUT2D eigenvalue weighted by Crippen LogP contribution is -2.15. The van der Waals surface area contributed by atoms with Crippen molar-refractivity contribution in [1.82, 2.24) is 0 Å². The van der Waals surface area contributed by atoms with Crippen LogP contribution in [0.4, 0.5) is 8.78 Å². The molecule has 3 nitrogen and oxygen atoms in total. The van der Waals surface area contributed by atoms with Gasteiger partial charge in [-0.05, 0) is 53.4 Å². The summed E-state index contributed by atoms with van der Waals surface area (Å²) >= 11 is 10.9. The van der Waals surface area contributed by atoms with Gasteiger partial charge in [0, 0.05) is 5.02 Å². The number of aromatic hydroxyl groups is 1. The van der Waals surface area contributed by atoms with E-state index < -0.39 is 28.2 Å². The first-order valence-corrected chi connectivity index (χ1v) is 7.20. The van der Waals surface area contributed by atoms with Crippen LogP contribution >= 0.6 is 23.2 Å². The second-order valence-corrected chi connectivity index (χ2v) is 5.73. The Morgan fingerprint density at radius 3 is 2.30 bits per heavy atom. The van der Waals surface area contributed by atoms with E-state index in [0.29, 0.717) is 16.1 Å². The third kappa shape index (κ3) is 3.41. The molecule has 7 heteroatoms. The minimum Gasteiger partial charge on any atom is -0.507 e. The fourth-order valence-corrected chi connectivity index (χ4v) is 2.50. The number of phenolic OH excluding ortho intramolecular Hbond substituents is 1. The lowest BCUT2D eigenvalue weighted by molar-refractivity contribution is 0.0566. The van der Waals surface area contributed by atoms with Crippen molar-refractivity contribution in [2.45, 2.75) is 12.3 Å². The van der Waals surface area contributed by atoms with Gasteiger partial charge in [0.05, 0.1) is 12.7 Å². The van der Waals surface area contributed by atoms with E-state index >= 15 is 0 Å². The zero-order valence-electron chi connectivity index (χ0n) is 12.2. The molecule has 23 heavy (non-hydrogen) atoms. The average Bonchev–Trinajstić information content (AvgIpc) is 2.49. The van der Waals surface area contributed by atoms with Crippen molar-refractivity contribution in [2.75, 3.05) is 7.11 Å². The number of benzene rings is 2. The van der Waals surface area contributed by atoms with Gasteiger partial charge < -0.3 is 9.84 Å². The predicted octanol–water partition coefficient (Wildman–Crippen LogP) is 5.10. The predicted molar refractivity (Wildman–Crippen MR) is 84.4 cm³/mol. The minimum absolute atomic E-state index is 0.248. The second kappa shape index (κ2) is 6.34. The first-order valence-electron chi connectivity index (χ1n) is 6.44. The fraction of sp³-hybridized carbons (Fsp3) is 0.188. The summed E-state index contributed by atoms with van der Waals surface area (Å²) in [5.41, 5.74) is -0.373. The van der Waals surface area contributed by atoms with Gasteiger partial charge in [-0.15, -0.1) is 0 Å². The number of phenols is 1. The van der Waals surface area contributed by atoms with Crippen molar-refractivity contribution in [3.8, 4) is 16.9 Å². The molecule has 2 aromatic rings. The van der Waals surface area contributed by atoms with Gasteiger partial charge in [0.1, 0.15) is 11.3 Å². The molecule has 1 N–H and O–H groups in total. The maximum atomic E-state index is 13.7. The highest BCUT2D eigenvalue weighted by Gasteiger charge is 2.37. The highest BCUT2D eigenvalue weighted by atomic mass is 35.5. The van der Waals surface area contributed by atoms with E-state index in [4.69, 9.17) is 23.2 Å². The Morgan fingerprint density at radius 2 is 1.83 bits per heavy atom. The van der Waals surface area contributed by atoms with Gasteiger partial charge in [0.2, 0.25) is 0 Å². The third-order valence-electron chi connectivity index (χ3n) is 3.40. The molecule has 0 amide bonds. The summed E-state index contributed by atoms with van der Waals surface area (Å²) in [4.78, 5) is 11.8. The number of methoxy groups -OCH3 is 1. The molecule has 0 radical (unpaired) electrons. The lowest BCUT2D eigenvalue weighted by Gasteiger charge is -2.18. The molecule has 0 saturated carbocycles. The van der Waals surface area contributed by atoms with Gasteiger partial charge in [-0.25, -0.2) is 4.79 Å². The summed E-state index contributed by atoms with van der Waals surface area (Å²) in [6.07, 6.45) is 0. The van der Waals surface area contributed by atoms with Crippen LogP contribution < -0.4 is 0 Å². The number of carbonyl (C=O) groups is 1. The third-order valence-corrected chi connectivity index (χ3v) is 3.86. The van der Waals surface area contributed by atoms with Crippen LogP contribution in [0.15, 0.2) is 30.3 Å². The molecule has 0 saturated heterocycles. The van der Waals surface area contributed by atoms with E-state index in [0.717, 1.165) is 13.2 Å². The Balaban J connectivity index is 2.79. The largest absolute Gasteiger partial charge is 0.507 e. The number of ether oxygens (including phenoxy) is 1. The van der Waals surface area contributed by atoms with Crippen molar-refractivity contribution in [3.63, 3.8) is 0 Å². The van der Waals surface area contributed by atoms with Crippen LogP contribution in [0.25, 0.3) is 11.1 Å². The van der Waals surface area contributed by atoms with Gasteiger partial charge in [-0.3, -0.25) is 0 Å². The molecule has 0 aliphatic heterocycles. The van der Waals surface area contributed by atoms with Crippen LogP contribution in [0.2, 0.25) is 5.02 Å². The topological polar surface area (TPSA) is 46.5 Å². The maximum absolute atomic E-state index is 13.7. The van der Waals surface area contributed by atoms with Crippen LogP contribution in [0, 0.1) is 6.92 Å². The van der Waals surface area contributed by atoms with Gasteiger partial charge in [0.15, 0.2) is 0 Å². The molecule has 0 heterocycles. The molecular formula is C16H12Cl2F2O3. The first kappa shape index (κ1) is 17.5. The Bertz CT molecular complexity index is 753. The summed E-state index contributed by atoms with van der Waals surface area (Å²) in [6.45, 7) is 1.50. The molecule has 0 spiro atoms. The van der Waals surface area contributed by atoms with E-state index in [-0.39, 0.29) is 5.56 Å². The van der Waals surface area contributed by atoms with Gasteiger partial charge in [0.25, 0.3) is 0 Å². The van der Waals surface area contributed by atoms with Crippen molar-refractivity contribution >= 4 is 29.2 Å². The fourth-order valence-electron chi connectivity index (χ4n) is 2.23. The Labute approximate surface area is 141 Å². The first-order chi connectivity index (χ1) is 10.7. The number of hydrogen-bond donors (Lipinski definition) is 1. The van der Waals surface area contributed by atoms with E-state index in [2.05, 4.69) is 4.74 Å². The number of carbonyl (C=O) groups excluding carboxylic acids is 1. The summed E-state index contributed by atoms with van der Waals surface area (Å²) in [5, 5.41) is 6.85. The molecule has 0 fully saturated rings. The summed E-state index contributed by atoms with van der Waals surface area (Å²) in [5.74, 6) is -1.69. The highest BCUT2D eigenvalue weighted by molar-refractivity contribution is 6.30. The van der Waals surface area contributed by atoms with Crippen LogP contribution in [-0.4, -0.2) is 18.2 Å². The zero-order valence-corrected chi connectivity index (χ0v) is 13.7. The summed E-state index contributed by atoms with van der Waals surface area (Å²) in [7, 11) is 1.03. The molecule has 0 aromatic heterocycles.